The molecule has 0 amide bonds. The summed E-state index contributed by atoms with van der Waals surface area (Å²) in [5, 5.41) is 14.0. The zero-order valence-corrected chi connectivity index (χ0v) is 10.1. The Balaban J connectivity index is 1.71. The molecule has 7 nitrogen and oxygen atoms in total. The predicted octanol–water partition coefficient (Wildman–Crippen LogP) is 0.370. The Morgan fingerprint density at radius 3 is 2.83 bits per heavy atom. The summed E-state index contributed by atoms with van der Waals surface area (Å²) in [6, 6.07) is 1.87. The molecule has 0 radical (unpaired) electrons. The van der Waals surface area contributed by atoms with Crippen molar-refractivity contribution >= 4 is 5.95 Å². The molecule has 0 aromatic carbocycles. The van der Waals surface area contributed by atoms with Crippen molar-refractivity contribution in [1.29, 1.82) is 0 Å². The van der Waals surface area contributed by atoms with E-state index in [1.807, 2.05) is 6.07 Å². The summed E-state index contributed by atoms with van der Waals surface area (Å²) in [5.74, 6) is 2.13. The Morgan fingerprint density at radius 2 is 2.17 bits per heavy atom. The standard InChI is InChI=1S/C11H17N7/c12-7-8-2-5-18(6-3-8)11-14-10(16-17-11)9-1-4-13-15-9/h1,4,8H,2-3,5-7,12H2,(H,13,15)(H,14,16,17). The van der Waals surface area contributed by atoms with Crippen molar-refractivity contribution in [1.82, 2.24) is 25.4 Å². The van der Waals surface area contributed by atoms with Crippen molar-refractivity contribution in [3.8, 4) is 11.5 Å². The van der Waals surface area contributed by atoms with Crippen LogP contribution in [-0.2, 0) is 0 Å². The lowest BCUT2D eigenvalue weighted by Crippen LogP contribution is -2.36. The average Bonchev–Trinajstić information content (AvgIpc) is 3.09. The molecule has 1 aliphatic rings. The maximum Gasteiger partial charge on any atom is 0.245 e. The molecule has 0 aliphatic carbocycles. The summed E-state index contributed by atoms with van der Waals surface area (Å²) >= 11 is 0. The van der Waals surface area contributed by atoms with Gasteiger partial charge in [-0.3, -0.25) is 10.2 Å². The van der Waals surface area contributed by atoms with Crippen LogP contribution in [0, 0.1) is 5.92 Å². The van der Waals surface area contributed by atoms with Gasteiger partial charge >= 0.3 is 0 Å². The van der Waals surface area contributed by atoms with Gasteiger partial charge in [0.15, 0.2) is 5.82 Å². The highest BCUT2D eigenvalue weighted by Gasteiger charge is 2.21. The van der Waals surface area contributed by atoms with Gasteiger partial charge in [0.2, 0.25) is 5.95 Å². The lowest BCUT2D eigenvalue weighted by atomic mass is 9.97. The molecule has 2 aromatic heterocycles. The van der Waals surface area contributed by atoms with Crippen LogP contribution in [0.3, 0.4) is 0 Å². The number of hydrogen-bond acceptors (Lipinski definition) is 5. The number of nitrogens with one attached hydrogen (secondary N) is 2. The molecule has 0 bridgehead atoms. The third-order valence-electron chi connectivity index (χ3n) is 3.46. The molecule has 1 saturated heterocycles. The second-order valence-corrected chi connectivity index (χ2v) is 4.62. The Morgan fingerprint density at radius 1 is 1.33 bits per heavy atom. The van der Waals surface area contributed by atoms with Gasteiger partial charge < -0.3 is 10.6 Å². The van der Waals surface area contributed by atoms with Crippen LogP contribution in [-0.4, -0.2) is 45.0 Å². The molecule has 0 unspecified atom stereocenters. The van der Waals surface area contributed by atoms with Gasteiger partial charge in [-0.2, -0.15) is 10.1 Å². The van der Waals surface area contributed by atoms with Crippen LogP contribution in [0.4, 0.5) is 5.95 Å². The molecule has 1 fully saturated rings. The van der Waals surface area contributed by atoms with Crippen LogP contribution >= 0.6 is 0 Å². The maximum atomic E-state index is 5.69. The van der Waals surface area contributed by atoms with E-state index in [0.717, 1.165) is 49.9 Å². The first-order chi connectivity index (χ1) is 8.86. The number of rotatable bonds is 3. The minimum atomic E-state index is 0.646. The molecular weight excluding hydrogens is 230 g/mol. The smallest absolute Gasteiger partial charge is 0.245 e. The molecule has 1 aliphatic heterocycles. The second-order valence-electron chi connectivity index (χ2n) is 4.62. The Kier molecular flexibility index (Phi) is 2.97. The molecule has 0 atom stereocenters. The van der Waals surface area contributed by atoms with Crippen molar-refractivity contribution in [2.24, 2.45) is 11.7 Å². The van der Waals surface area contributed by atoms with Crippen LogP contribution in [0.15, 0.2) is 12.3 Å². The van der Waals surface area contributed by atoms with E-state index in [1.165, 1.54) is 0 Å². The largest absolute Gasteiger partial charge is 0.340 e. The lowest BCUT2D eigenvalue weighted by molar-refractivity contribution is 0.411. The fourth-order valence-corrected chi connectivity index (χ4v) is 2.27. The highest BCUT2D eigenvalue weighted by molar-refractivity contribution is 5.50. The predicted molar refractivity (Wildman–Crippen MR) is 68.0 cm³/mol. The molecular formula is C11H17N7. The van der Waals surface area contributed by atoms with E-state index in [2.05, 4.69) is 30.3 Å². The SMILES string of the molecule is NCC1CCN(c2n[nH]c(-c3ccn[nH]3)n2)CC1. The van der Waals surface area contributed by atoms with E-state index >= 15 is 0 Å². The molecule has 4 N–H and O–H groups in total. The Labute approximate surface area is 105 Å². The van der Waals surface area contributed by atoms with Gasteiger partial charge in [-0.1, -0.05) is 0 Å². The normalized spacial score (nSPS) is 17.3. The van der Waals surface area contributed by atoms with Crippen molar-refractivity contribution in [2.75, 3.05) is 24.5 Å². The molecule has 2 aromatic rings. The van der Waals surface area contributed by atoms with Crippen molar-refractivity contribution in [3.05, 3.63) is 12.3 Å². The molecule has 18 heavy (non-hydrogen) atoms. The molecule has 7 heteroatoms. The molecule has 0 saturated carbocycles. The van der Waals surface area contributed by atoms with E-state index in [4.69, 9.17) is 5.73 Å². The van der Waals surface area contributed by atoms with Crippen LogP contribution < -0.4 is 10.6 Å². The summed E-state index contributed by atoms with van der Waals surface area (Å²) < 4.78 is 0. The van der Waals surface area contributed by atoms with Crippen molar-refractivity contribution in [2.45, 2.75) is 12.8 Å². The van der Waals surface area contributed by atoms with E-state index in [0.29, 0.717) is 5.92 Å². The van der Waals surface area contributed by atoms with Crippen LogP contribution in [0.1, 0.15) is 12.8 Å². The minimum Gasteiger partial charge on any atom is -0.340 e. The monoisotopic (exact) mass is 247 g/mol. The summed E-state index contributed by atoms with van der Waals surface area (Å²) in [7, 11) is 0. The lowest BCUT2D eigenvalue weighted by Gasteiger charge is -2.30. The third kappa shape index (κ3) is 2.08. The van der Waals surface area contributed by atoms with E-state index in [9.17, 15) is 0 Å². The average molecular weight is 247 g/mol. The van der Waals surface area contributed by atoms with Gasteiger partial charge in [0.05, 0.1) is 0 Å². The Bertz CT molecular complexity index is 481. The summed E-state index contributed by atoms with van der Waals surface area (Å²) in [5.41, 5.74) is 6.54. The Hall–Kier alpha value is -1.89. The molecule has 3 rings (SSSR count). The number of aromatic nitrogens is 5. The highest BCUT2D eigenvalue weighted by Crippen LogP contribution is 2.21. The third-order valence-corrected chi connectivity index (χ3v) is 3.46. The van der Waals surface area contributed by atoms with Gasteiger partial charge in [0.1, 0.15) is 5.69 Å². The van der Waals surface area contributed by atoms with Gasteiger partial charge in [0.25, 0.3) is 0 Å². The molecule has 3 heterocycles. The van der Waals surface area contributed by atoms with E-state index in [1.54, 1.807) is 6.20 Å². The number of hydrogen-bond donors (Lipinski definition) is 3. The number of H-pyrrole nitrogens is 2. The number of nitrogens with zero attached hydrogens (tertiary/aromatic N) is 4. The first kappa shape index (κ1) is 11.2. The number of aromatic amines is 2. The molecule has 96 valence electrons. The topological polar surface area (TPSA) is 99.5 Å². The van der Waals surface area contributed by atoms with Gasteiger partial charge in [-0.25, -0.2) is 0 Å². The second kappa shape index (κ2) is 4.77. The first-order valence-corrected chi connectivity index (χ1v) is 6.24. The fourth-order valence-electron chi connectivity index (χ4n) is 2.27. The van der Waals surface area contributed by atoms with Crippen LogP contribution in [0.25, 0.3) is 11.5 Å². The maximum absolute atomic E-state index is 5.69. The van der Waals surface area contributed by atoms with Crippen LogP contribution in [0.5, 0.6) is 0 Å². The summed E-state index contributed by atoms with van der Waals surface area (Å²) in [4.78, 5) is 6.68. The quantitative estimate of drug-likeness (QED) is 0.727. The van der Waals surface area contributed by atoms with E-state index < -0.39 is 0 Å². The number of nitrogens with two attached hydrogens (primary N) is 1. The minimum absolute atomic E-state index is 0.646. The van der Waals surface area contributed by atoms with Crippen molar-refractivity contribution < 1.29 is 0 Å². The number of piperidine rings is 1. The zero-order chi connectivity index (χ0) is 12.4. The van der Waals surface area contributed by atoms with Crippen molar-refractivity contribution in [3.63, 3.8) is 0 Å². The van der Waals surface area contributed by atoms with Gasteiger partial charge in [-0.15, -0.1) is 5.10 Å². The summed E-state index contributed by atoms with van der Waals surface area (Å²) in [6.45, 7) is 2.73. The fraction of sp³-hybridized carbons (Fsp3) is 0.545. The zero-order valence-electron chi connectivity index (χ0n) is 10.1. The number of anilines is 1. The first-order valence-electron chi connectivity index (χ1n) is 6.24. The van der Waals surface area contributed by atoms with Gasteiger partial charge in [-0.05, 0) is 31.4 Å². The molecule has 0 spiro atoms. The summed E-state index contributed by atoms with van der Waals surface area (Å²) in [6.07, 6.45) is 3.93. The van der Waals surface area contributed by atoms with E-state index in [-0.39, 0.29) is 0 Å². The van der Waals surface area contributed by atoms with Gasteiger partial charge in [0, 0.05) is 19.3 Å². The highest BCUT2D eigenvalue weighted by atomic mass is 15.4. The van der Waals surface area contributed by atoms with Crippen LogP contribution in [0.2, 0.25) is 0 Å².